The number of nitrogens with zero attached hydrogens (tertiary/aromatic N) is 3. The van der Waals surface area contributed by atoms with Crippen molar-refractivity contribution in [2.45, 2.75) is 77.3 Å². The highest BCUT2D eigenvalue weighted by molar-refractivity contribution is 7.18. The molecule has 3 aromatic rings. The molecule has 1 N–H and O–H groups in total. The van der Waals surface area contributed by atoms with Crippen LogP contribution in [0.4, 0.5) is 18.3 Å². The van der Waals surface area contributed by atoms with Gasteiger partial charge in [0, 0.05) is 31.5 Å². The monoisotopic (exact) mass is 634 g/mol. The molecular formula is C32H41F3N4O4S. The van der Waals surface area contributed by atoms with Crippen molar-refractivity contribution in [2.75, 3.05) is 32.6 Å². The molecule has 2 aromatic carbocycles. The summed E-state index contributed by atoms with van der Waals surface area (Å²) in [7, 11) is 3.15. The second-order valence-electron chi connectivity index (χ2n) is 10.5. The number of amides is 2. The number of unbranched alkanes of at least 4 members (excludes halogenated alkanes) is 6. The number of hydrogen-bond donors (Lipinski definition) is 1. The first-order valence-corrected chi connectivity index (χ1v) is 15.8. The van der Waals surface area contributed by atoms with Crippen molar-refractivity contribution in [1.29, 1.82) is 0 Å². The van der Waals surface area contributed by atoms with Crippen molar-refractivity contribution >= 4 is 28.3 Å². The average molecular weight is 635 g/mol. The summed E-state index contributed by atoms with van der Waals surface area (Å²) in [6.45, 7) is 2.86. The second kappa shape index (κ2) is 17.6. The smallest absolute Gasteiger partial charge is 0.416 e. The summed E-state index contributed by atoms with van der Waals surface area (Å²) in [6, 6.07) is 10.2. The molecular weight excluding hydrogens is 593 g/mol. The summed E-state index contributed by atoms with van der Waals surface area (Å²) in [5.74, 6) is 0.906. The van der Waals surface area contributed by atoms with Gasteiger partial charge in [0.25, 0.3) is 0 Å². The molecule has 0 saturated heterocycles. The molecule has 2 amide bonds. The van der Waals surface area contributed by atoms with Gasteiger partial charge in [0.05, 0.1) is 19.8 Å². The van der Waals surface area contributed by atoms with Crippen LogP contribution in [0.2, 0.25) is 0 Å². The van der Waals surface area contributed by atoms with Crippen LogP contribution in [0.15, 0.2) is 42.5 Å². The Morgan fingerprint density at radius 3 is 2.20 bits per heavy atom. The van der Waals surface area contributed by atoms with E-state index in [9.17, 15) is 22.8 Å². The Morgan fingerprint density at radius 2 is 1.55 bits per heavy atom. The summed E-state index contributed by atoms with van der Waals surface area (Å²) in [6.07, 6.45) is 4.38. The molecule has 0 spiro atoms. The van der Waals surface area contributed by atoms with Gasteiger partial charge < -0.3 is 19.7 Å². The minimum absolute atomic E-state index is 0.00680. The van der Waals surface area contributed by atoms with Crippen LogP contribution in [-0.4, -0.2) is 54.2 Å². The van der Waals surface area contributed by atoms with Crippen LogP contribution in [0.25, 0.3) is 10.6 Å². The number of nitrogens with one attached hydrogen (secondary N) is 1. The third kappa shape index (κ3) is 11.1. The predicted octanol–water partition coefficient (Wildman–Crippen LogP) is 7.78. The van der Waals surface area contributed by atoms with E-state index in [1.807, 2.05) is 18.2 Å². The summed E-state index contributed by atoms with van der Waals surface area (Å²) < 4.78 is 49.3. The Hall–Kier alpha value is -3.67. The van der Waals surface area contributed by atoms with Gasteiger partial charge in [-0.1, -0.05) is 75.0 Å². The molecule has 44 heavy (non-hydrogen) atoms. The number of rotatable bonds is 18. The highest BCUT2D eigenvalue weighted by atomic mass is 32.1. The Labute approximate surface area is 261 Å². The molecule has 8 nitrogen and oxygen atoms in total. The number of benzene rings is 2. The van der Waals surface area contributed by atoms with Crippen molar-refractivity contribution in [1.82, 2.24) is 15.1 Å². The lowest BCUT2D eigenvalue weighted by Gasteiger charge is -2.23. The van der Waals surface area contributed by atoms with E-state index in [1.165, 1.54) is 37.8 Å². The number of alkyl halides is 3. The van der Waals surface area contributed by atoms with Crippen molar-refractivity contribution < 1.29 is 32.2 Å². The lowest BCUT2D eigenvalue weighted by molar-refractivity contribution is -0.137. The minimum atomic E-state index is -4.43. The Morgan fingerprint density at radius 1 is 0.864 bits per heavy atom. The molecule has 3 rings (SSSR count). The Kier molecular flexibility index (Phi) is 13.9. The van der Waals surface area contributed by atoms with Gasteiger partial charge in [0.15, 0.2) is 11.5 Å². The Balaban J connectivity index is 1.57. The van der Waals surface area contributed by atoms with Crippen molar-refractivity contribution in [3.8, 4) is 22.1 Å². The topological polar surface area (TPSA) is 93.7 Å². The van der Waals surface area contributed by atoms with Crippen LogP contribution >= 0.6 is 11.3 Å². The van der Waals surface area contributed by atoms with Gasteiger partial charge in [-0.15, -0.1) is 10.2 Å². The maximum Gasteiger partial charge on any atom is 0.416 e. The first-order chi connectivity index (χ1) is 21.1. The van der Waals surface area contributed by atoms with E-state index in [0.717, 1.165) is 48.3 Å². The zero-order valence-electron chi connectivity index (χ0n) is 25.5. The van der Waals surface area contributed by atoms with Gasteiger partial charge in [-0.3, -0.25) is 9.59 Å². The zero-order valence-corrected chi connectivity index (χ0v) is 26.4. The largest absolute Gasteiger partial charge is 0.493 e. The fourth-order valence-electron chi connectivity index (χ4n) is 4.66. The number of aromatic nitrogens is 2. The molecule has 0 atom stereocenters. The molecule has 0 unspecified atom stereocenters. The number of carbonyl (C=O) groups excluding carboxylic acids is 2. The van der Waals surface area contributed by atoms with E-state index in [1.54, 1.807) is 19.1 Å². The summed E-state index contributed by atoms with van der Waals surface area (Å²) >= 11 is 1.06. The second-order valence-corrected chi connectivity index (χ2v) is 11.5. The first-order valence-electron chi connectivity index (χ1n) is 14.9. The van der Waals surface area contributed by atoms with Crippen molar-refractivity contribution in [2.24, 2.45) is 0 Å². The maximum absolute atomic E-state index is 13.2. The van der Waals surface area contributed by atoms with Gasteiger partial charge >= 0.3 is 6.18 Å². The van der Waals surface area contributed by atoms with E-state index in [0.29, 0.717) is 41.5 Å². The molecule has 12 heteroatoms. The predicted molar refractivity (Wildman–Crippen MR) is 166 cm³/mol. The number of anilines is 1. The van der Waals surface area contributed by atoms with Gasteiger partial charge in [0.2, 0.25) is 16.9 Å². The van der Waals surface area contributed by atoms with E-state index in [4.69, 9.17) is 9.47 Å². The number of carbonyl (C=O) groups is 2. The molecule has 0 fully saturated rings. The highest BCUT2D eigenvalue weighted by Crippen LogP contribution is 2.32. The van der Waals surface area contributed by atoms with Crippen LogP contribution in [0.3, 0.4) is 0 Å². The number of hydrogen-bond acceptors (Lipinski definition) is 7. The summed E-state index contributed by atoms with van der Waals surface area (Å²) in [5, 5.41) is 11.3. The lowest BCUT2D eigenvalue weighted by atomic mass is 10.1. The summed E-state index contributed by atoms with van der Waals surface area (Å²) in [4.78, 5) is 27.7. The normalized spacial score (nSPS) is 11.3. The van der Waals surface area contributed by atoms with Gasteiger partial charge in [0.1, 0.15) is 5.01 Å². The zero-order chi connectivity index (χ0) is 32.0. The minimum Gasteiger partial charge on any atom is -0.493 e. The van der Waals surface area contributed by atoms with E-state index in [-0.39, 0.29) is 29.9 Å². The molecule has 0 aliphatic rings. The molecule has 240 valence electrons. The number of methoxy groups -OCH3 is 2. The SMILES string of the molecule is CCCCCCCCCC(=O)N(CCC(=O)Nc1nnc(-c2ccc(C(F)(F)F)cc2)s1)CCc1ccc(OC)c(OC)c1. The van der Waals surface area contributed by atoms with Crippen molar-refractivity contribution in [3.05, 3.63) is 53.6 Å². The third-order valence-electron chi connectivity index (χ3n) is 7.20. The molecule has 1 aromatic heterocycles. The van der Waals surface area contributed by atoms with Crippen LogP contribution in [0.5, 0.6) is 11.5 Å². The van der Waals surface area contributed by atoms with Crippen LogP contribution < -0.4 is 14.8 Å². The fraction of sp³-hybridized carbons (Fsp3) is 0.500. The highest BCUT2D eigenvalue weighted by Gasteiger charge is 2.30. The molecule has 0 radical (unpaired) electrons. The van der Waals surface area contributed by atoms with E-state index < -0.39 is 11.7 Å². The lowest BCUT2D eigenvalue weighted by Crippen LogP contribution is -2.35. The first kappa shape index (κ1) is 34.8. The Bertz CT molecular complexity index is 1330. The van der Waals surface area contributed by atoms with Gasteiger partial charge in [-0.05, 0) is 42.7 Å². The third-order valence-corrected chi connectivity index (χ3v) is 8.09. The number of halogens is 3. The average Bonchev–Trinajstić information content (AvgIpc) is 3.48. The maximum atomic E-state index is 13.2. The van der Waals surface area contributed by atoms with Crippen LogP contribution in [0.1, 0.15) is 75.8 Å². The van der Waals surface area contributed by atoms with Gasteiger partial charge in [-0.25, -0.2) is 0 Å². The van der Waals surface area contributed by atoms with Crippen molar-refractivity contribution in [3.63, 3.8) is 0 Å². The molecule has 0 bridgehead atoms. The van der Waals surface area contributed by atoms with E-state index in [2.05, 4.69) is 22.4 Å². The number of ether oxygens (including phenoxy) is 2. The molecule has 0 saturated carbocycles. The van der Waals surface area contributed by atoms with Gasteiger partial charge in [-0.2, -0.15) is 13.2 Å². The van der Waals surface area contributed by atoms with E-state index >= 15 is 0 Å². The van der Waals surface area contributed by atoms with Crippen LogP contribution in [-0.2, 0) is 22.2 Å². The molecule has 0 aliphatic heterocycles. The molecule has 1 heterocycles. The molecule has 0 aliphatic carbocycles. The summed E-state index contributed by atoms with van der Waals surface area (Å²) in [5.41, 5.74) is 0.690. The fourth-order valence-corrected chi connectivity index (χ4v) is 5.43. The van der Waals surface area contributed by atoms with Crippen LogP contribution in [0, 0.1) is 0 Å². The quantitative estimate of drug-likeness (QED) is 0.144. The standard InChI is InChI=1S/C32H41F3N4O4S/c1-4-5-6-7-8-9-10-11-29(41)39(20-18-23-12-17-26(42-2)27(22-23)43-3)21-19-28(40)36-31-38-37-30(44-31)24-13-15-25(16-14-24)32(33,34)35/h12-17,22H,4-11,18-21H2,1-3H3,(H,36,38,40).